The quantitative estimate of drug-likeness (QED) is 0.303. The molecule has 1 rings (SSSR count). The second-order valence-corrected chi connectivity index (χ2v) is 5.08. The van der Waals surface area contributed by atoms with Gasteiger partial charge in [-0.1, -0.05) is 13.8 Å². The summed E-state index contributed by atoms with van der Waals surface area (Å²) in [5.74, 6) is 1.08. The summed E-state index contributed by atoms with van der Waals surface area (Å²) in [5.41, 5.74) is 5.73. The van der Waals surface area contributed by atoms with E-state index in [1.807, 2.05) is 0 Å². The first-order valence-electron chi connectivity index (χ1n) is 6.91. The molecule has 0 radical (unpaired) electrons. The van der Waals surface area contributed by atoms with E-state index in [1.165, 1.54) is 0 Å². The Morgan fingerprint density at radius 2 is 2.11 bits per heavy atom. The number of halogens is 1. The number of rotatable bonds is 7. The molecule has 3 N–H and O–H groups in total. The van der Waals surface area contributed by atoms with Crippen molar-refractivity contribution in [3.63, 3.8) is 0 Å². The average molecular weight is 385 g/mol. The monoisotopic (exact) mass is 385 g/mol. The van der Waals surface area contributed by atoms with Gasteiger partial charge in [-0.15, -0.1) is 24.0 Å². The van der Waals surface area contributed by atoms with E-state index in [0.29, 0.717) is 18.0 Å². The maximum Gasteiger partial charge on any atom is 0.188 e. The van der Waals surface area contributed by atoms with E-state index < -0.39 is 0 Å². The Morgan fingerprint density at radius 3 is 2.74 bits per heavy atom. The molecule has 0 bridgehead atoms. The maximum absolute atomic E-state index is 5.76. The lowest BCUT2D eigenvalue weighted by Gasteiger charge is -2.22. The van der Waals surface area contributed by atoms with Crippen molar-refractivity contribution in [2.45, 2.75) is 39.2 Å². The molecular formula is C13H28IN3O2. The van der Waals surface area contributed by atoms with Gasteiger partial charge in [-0.3, -0.25) is 4.99 Å². The van der Waals surface area contributed by atoms with Crippen molar-refractivity contribution >= 4 is 29.9 Å². The summed E-state index contributed by atoms with van der Waals surface area (Å²) >= 11 is 0. The van der Waals surface area contributed by atoms with E-state index in [2.05, 4.69) is 24.2 Å². The molecule has 1 fully saturated rings. The Kier molecular flexibility index (Phi) is 11.7. The Hall–Kier alpha value is -0.0800. The molecule has 1 aliphatic heterocycles. The smallest absolute Gasteiger partial charge is 0.188 e. The summed E-state index contributed by atoms with van der Waals surface area (Å²) in [5, 5.41) is 3.10. The van der Waals surface area contributed by atoms with Gasteiger partial charge >= 0.3 is 0 Å². The Bertz CT molecular complexity index is 244. The van der Waals surface area contributed by atoms with Gasteiger partial charge in [0.1, 0.15) is 0 Å². The number of aliphatic imine (C=N–C) groups is 1. The van der Waals surface area contributed by atoms with Crippen molar-refractivity contribution in [2.24, 2.45) is 16.6 Å². The van der Waals surface area contributed by atoms with Crippen LogP contribution in [0.4, 0.5) is 0 Å². The molecule has 0 unspecified atom stereocenters. The predicted molar refractivity (Wildman–Crippen MR) is 89.2 cm³/mol. The number of nitrogens with two attached hydrogens (primary N) is 1. The van der Waals surface area contributed by atoms with Crippen LogP contribution < -0.4 is 11.1 Å². The van der Waals surface area contributed by atoms with Gasteiger partial charge in [0.15, 0.2) is 5.96 Å². The van der Waals surface area contributed by atoms with E-state index in [9.17, 15) is 0 Å². The predicted octanol–water partition coefficient (Wildman–Crippen LogP) is 1.75. The zero-order valence-corrected chi connectivity index (χ0v) is 14.4. The zero-order chi connectivity index (χ0) is 13.2. The van der Waals surface area contributed by atoms with Crippen molar-refractivity contribution in [1.82, 2.24) is 5.32 Å². The van der Waals surface area contributed by atoms with Crippen molar-refractivity contribution in [2.75, 3.05) is 32.9 Å². The molecule has 0 saturated carbocycles. The Morgan fingerprint density at radius 1 is 1.42 bits per heavy atom. The standard InChI is InChI=1S/C13H27N3O2.HI/c1-11(2)10-16-13(14)15-6-3-7-18-12-4-8-17-9-5-12;/h11-12H,3-10H2,1-2H3,(H3,14,15,16);1H. The molecule has 6 heteroatoms. The Labute approximate surface area is 133 Å². The number of guanidine groups is 1. The third-order valence-corrected chi connectivity index (χ3v) is 2.78. The van der Waals surface area contributed by atoms with Gasteiger partial charge < -0.3 is 20.5 Å². The van der Waals surface area contributed by atoms with Crippen molar-refractivity contribution in [3.05, 3.63) is 0 Å². The molecular weight excluding hydrogens is 357 g/mol. The van der Waals surface area contributed by atoms with E-state index in [4.69, 9.17) is 15.2 Å². The van der Waals surface area contributed by atoms with Crippen LogP contribution in [0.3, 0.4) is 0 Å². The van der Waals surface area contributed by atoms with E-state index >= 15 is 0 Å². The topological polar surface area (TPSA) is 68.9 Å². The minimum absolute atomic E-state index is 0. The molecule has 0 aromatic rings. The van der Waals surface area contributed by atoms with Gasteiger partial charge in [-0.05, 0) is 25.2 Å². The van der Waals surface area contributed by atoms with Crippen molar-refractivity contribution < 1.29 is 9.47 Å². The summed E-state index contributed by atoms with van der Waals surface area (Å²) < 4.78 is 11.0. The van der Waals surface area contributed by atoms with Crippen molar-refractivity contribution in [1.29, 1.82) is 0 Å². The molecule has 0 aromatic heterocycles. The van der Waals surface area contributed by atoms with Crippen LogP contribution in [0, 0.1) is 5.92 Å². The highest BCUT2D eigenvalue weighted by Gasteiger charge is 2.13. The van der Waals surface area contributed by atoms with E-state index in [1.54, 1.807) is 0 Å². The minimum Gasteiger partial charge on any atom is -0.381 e. The van der Waals surface area contributed by atoms with Crippen LogP contribution in [0.2, 0.25) is 0 Å². The van der Waals surface area contributed by atoms with E-state index in [-0.39, 0.29) is 24.0 Å². The Balaban J connectivity index is 0.00000324. The highest BCUT2D eigenvalue weighted by atomic mass is 127. The number of nitrogens with one attached hydrogen (secondary N) is 1. The van der Waals surface area contributed by atoms with Gasteiger partial charge in [0.25, 0.3) is 0 Å². The lowest BCUT2D eigenvalue weighted by atomic mass is 10.1. The third-order valence-electron chi connectivity index (χ3n) is 2.78. The first-order chi connectivity index (χ1) is 8.68. The molecule has 0 amide bonds. The first kappa shape index (κ1) is 18.9. The average Bonchev–Trinajstić information content (AvgIpc) is 2.37. The summed E-state index contributed by atoms with van der Waals surface area (Å²) in [6.45, 7) is 8.27. The van der Waals surface area contributed by atoms with Crippen LogP contribution in [0.15, 0.2) is 4.99 Å². The fourth-order valence-electron chi connectivity index (χ4n) is 1.72. The number of ether oxygens (including phenoxy) is 2. The first-order valence-corrected chi connectivity index (χ1v) is 6.91. The maximum atomic E-state index is 5.76. The zero-order valence-electron chi connectivity index (χ0n) is 12.1. The van der Waals surface area contributed by atoms with Gasteiger partial charge in [0, 0.05) is 32.9 Å². The number of hydrogen-bond acceptors (Lipinski definition) is 3. The molecule has 1 heterocycles. The van der Waals surface area contributed by atoms with Gasteiger partial charge in [-0.25, -0.2) is 0 Å². The minimum atomic E-state index is 0. The largest absolute Gasteiger partial charge is 0.381 e. The summed E-state index contributed by atoms with van der Waals surface area (Å²) in [6, 6.07) is 0. The highest BCUT2D eigenvalue weighted by molar-refractivity contribution is 14.0. The van der Waals surface area contributed by atoms with Crippen LogP contribution in [0.1, 0.15) is 33.1 Å². The summed E-state index contributed by atoms with van der Waals surface area (Å²) in [7, 11) is 0. The third kappa shape index (κ3) is 10.4. The van der Waals surface area contributed by atoms with Gasteiger partial charge in [-0.2, -0.15) is 0 Å². The fourth-order valence-corrected chi connectivity index (χ4v) is 1.72. The van der Waals surface area contributed by atoms with Gasteiger partial charge in [0.2, 0.25) is 0 Å². The van der Waals surface area contributed by atoms with E-state index in [0.717, 1.165) is 52.2 Å². The van der Waals surface area contributed by atoms with Crippen LogP contribution >= 0.6 is 24.0 Å². The summed E-state index contributed by atoms with van der Waals surface area (Å²) in [4.78, 5) is 4.24. The summed E-state index contributed by atoms with van der Waals surface area (Å²) in [6.07, 6.45) is 3.37. The number of hydrogen-bond donors (Lipinski definition) is 2. The molecule has 0 aromatic carbocycles. The van der Waals surface area contributed by atoms with Crippen LogP contribution in [0.5, 0.6) is 0 Å². The fraction of sp³-hybridized carbons (Fsp3) is 0.923. The lowest BCUT2D eigenvalue weighted by molar-refractivity contribution is -0.0320. The number of nitrogens with zero attached hydrogens (tertiary/aromatic N) is 1. The highest BCUT2D eigenvalue weighted by Crippen LogP contribution is 2.10. The molecule has 114 valence electrons. The molecule has 5 nitrogen and oxygen atoms in total. The lowest BCUT2D eigenvalue weighted by Crippen LogP contribution is -2.33. The molecule has 0 aliphatic carbocycles. The molecule has 1 saturated heterocycles. The molecule has 1 aliphatic rings. The SMILES string of the molecule is CC(C)CN=C(N)NCCCOC1CCOCC1.I. The van der Waals surface area contributed by atoms with Crippen LogP contribution in [-0.2, 0) is 9.47 Å². The normalized spacial score (nSPS) is 17.3. The molecule has 19 heavy (non-hydrogen) atoms. The molecule has 0 spiro atoms. The van der Waals surface area contributed by atoms with Crippen LogP contribution in [-0.4, -0.2) is 45.0 Å². The van der Waals surface area contributed by atoms with Crippen LogP contribution in [0.25, 0.3) is 0 Å². The van der Waals surface area contributed by atoms with Crippen molar-refractivity contribution in [3.8, 4) is 0 Å². The molecule has 0 atom stereocenters. The second-order valence-electron chi connectivity index (χ2n) is 5.08. The second kappa shape index (κ2) is 11.7. The van der Waals surface area contributed by atoms with Gasteiger partial charge in [0.05, 0.1) is 6.10 Å².